The van der Waals surface area contributed by atoms with Crippen LogP contribution in [0.4, 0.5) is 4.79 Å². The maximum absolute atomic E-state index is 11.1. The lowest BCUT2D eigenvalue weighted by atomic mass is 10.0. The summed E-state index contributed by atoms with van der Waals surface area (Å²) in [5.41, 5.74) is 6.56. The Bertz CT molecular complexity index is 427. The van der Waals surface area contributed by atoms with E-state index in [0.717, 1.165) is 30.4 Å². The summed E-state index contributed by atoms with van der Waals surface area (Å²) in [5.74, 6) is 0. The summed E-state index contributed by atoms with van der Waals surface area (Å²) < 4.78 is 1.10. The van der Waals surface area contributed by atoms with Gasteiger partial charge in [-0.05, 0) is 37.5 Å². The number of rotatable bonds is 3. The minimum Gasteiger partial charge on any atom is -0.351 e. The number of carbonyl (C=O) groups excluding carboxylic acids is 1. The molecule has 0 radical (unpaired) electrons. The highest BCUT2D eigenvalue weighted by Gasteiger charge is 2.22. The molecule has 104 valence electrons. The molecule has 0 spiro atoms. The molecule has 1 heterocycles. The van der Waals surface area contributed by atoms with Crippen molar-refractivity contribution in [3.63, 3.8) is 0 Å². The van der Waals surface area contributed by atoms with Crippen LogP contribution in [0.3, 0.4) is 0 Å². The first-order valence-electron chi connectivity index (χ1n) is 6.62. The second-order valence-electron chi connectivity index (χ2n) is 5.04. The number of halogens is 1. The Morgan fingerprint density at radius 1 is 1.37 bits per heavy atom. The lowest BCUT2D eigenvalue weighted by Gasteiger charge is -2.33. The summed E-state index contributed by atoms with van der Waals surface area (Å²) in [6.07, 6.45) is 1.92. The van der Waals surface area contributed by atoms with Gasteiger partial charge in [0, 0.05) is 29.6 Å². The minimum absolute atomic E-state index is 0.306. The number of piperidine rings is 1. The number of nitrogens with one attached hydrogen (secondary N) is 1. The van der Waals surface area contributed by atoms with Crippen molar-refractivity contribution in [3.8, 4) is 0 Å². The highest BCUT2D eigenvalue weighted by Crippen LogP contribution is 2.19. The van der Waals surface area contributed by atoms with Crippen LogP contribution >= 0.6 is 15.9 Å². The van der Waals surface area contributed by atoms with Gasteiger partial charge in [0.25, 0.3) is 0 Å². The molecule has 1 fully saturated rings. The van der Waals surface area contributed by atoms with E-state index < -0.39 is 0 Å². The Kier molecular flexibility index (Phi) is 4.82. The lowest BCUT2D eigenvalue weighted by molar-refractivity contribution is 0.183. The van der Waals surface area contributed by atoms with E-state index in [1.165, 1.54) is 5.56 Å². The quantitative estimate of drug-likeness (QED) is 0.897. The van der Waals surface area contributed by atoms with Crippen LogP contribution in [0.2, 0.25) is 0 Å². The third kappa shape index (κ3) is 3.94. The number of benzene rings is 1. The summed E-state index contributed by atoms with van der Waals surface area (Å²) in [4.78, 5) is 12.8. The number of amides is 2. The van der Waals surface area contributed by atoms with Crippen molar-refractivity contribution in [1.82, 2.24) is 10.2 Å². The monoisotopic (exact) mass is 325 g/mol. The third-order valence-corrected chi connectivity index (χ3v) is 4.19. The summed E-state index contributed by atoms with van der Waals surface area (Å²) in [7, 11) is 0. The number of likely N-dealkylation sites (tertiary alicyclic amines) is 1. The largest absolute Gasteiger partial charge is 0.351 e. The Labute approximate surface area is 122 Å². The average molecular weight is 326 g/mol. The van der Waals surface area contributed by atoms with E-state index in [4.69, 9.17) is 5.73 Å². The molecule has 4 nitrogen and oxygen atoms in total. The van der Waals surface area contributed by atoms with Crippen molar-refractivity contribution in [1.29, 1.82) is 0 Å². The molecule has 0 unspecified atom stereocenters. The molecule has 2 rings (SSSR count). The van der Waals surface area contributed by atoms with Gasteiger partial charge in [0.2, 0.25) is 0 Å². The third-order valence-electron chi connectivity index (χ3n) is 3.66. The Morgan fingerprint density at radius 2 is 1.95 bits per heavy atom. The molecule has 1 atom stereocenters. The first kappa shape index (κ1) is 14.3. The van der Waals surface area contributed by atoms with Gasteiger partial charge in [-0.3, -0.25) is 0 Å². The summed E-state index contributed by atoms with van der Waals surface area (Å²) in [6, 6.07) is 8.83. The van der Waals surface area contributed by atoms with Crippen molar-refractivity contribution in [2.45, 2.75) is 31.8 Å². The van der Waals surface area contributed by atoms with Crippen LogP contribution < -0.4 is 11.1 Å². The van der Waals surface area contributed by atoms with Gasteiger partial charge in [0.15, 0.2) is 0 Å². The second kappa shape index (κ2) is 6.39. The molecule has 1 saturated heterocycles. The van der Waals surface area contributed by atoms with Gasteiger partial charge in [0.1, 0.15) is 0 Å². The number of hydrogen-bond acceptors (Lipinski definition) is 2. The van der Waals surface area contributed by atoms with Crippen molar-refractivity contribution < 1.29 is 4.79 Å². The van der Waals surface area contributed by atoms with Crippen LogP contribution in [0.5, 0.6) is 0 Å². The molecule has 1 aliphatic rings. The van der Waals surface area contributed by atoms with Crippen LogP contribution in [0.25, 0.3) is 0 Å². The van der Waals surface area contributed by atoms with E-state index in [0.29, 0.717) is 12.1 Å². The van der Waals surface area contributed by atoms with E-state index in [2.05, 4.69) is 52.4 Å². The number of nitrogens with zero attached hydrogens (tertiary/aromatic N) is 1. The molecule has 0 bridgehead atoms. The molecular weight excluding hydrogens is 306 g/mol. The van der Waals surface area contributed by atoms with Crippen LogP contribution in [0.1, 0.15) is 31.4 Å². The maximum Gasteiger partial charge on any atom is 0.314 e. The molecule has 1 aromatic rings. The highest BCUT2D eigenvalue weighted by atomic mass is 79.9. The van der Waals surface area contributed by atoms with Gasteiger partial charge >= 0.3 is 6.03 Å². The van der Waals surface area contributed by atoms with E-state index in [-0.39, 0.29) is 6.03 Å². The highest BCUT2D eigenvalue weighted by molar-refractivity contribution is 9.10. The van der Waals surface area contributed by atoms with Gasteiger partial charge in [-0.1, -0.05) is 28.1 Å². The standard InChI is InChI=1S/C14H20BrN3O/c1-10(11-2-4-12(15)5-3-11)17-13-6-8-18(9-7-13)14(16)19/h2-5,10,13,17H,6-9H2,1H3,(H2,16,19)/t10-/m1/s1. The number of carbonyl (C=O) groups is 1. The predicted octanol–water partition coefficient (Wildman–Crippen LogP) is 2.64. The van der Waals surface area contributed by atoms with E-state index in [9.17, 15) is 4.79 Å². The van der Waals surface area contributed by atoms with Gasteiger partial charge in [-0.15, -0.1) is 0 Å². The topological polar surface area (TPSA) is 58.4 Å². The van der Waals surface area contributed by atoms with Crippen LogP contribution in [-0.2, 0) is 0 Å². The first-order chi connectivity index (χ1) is 9.06. The minimum atomic E-state index is -0.306. The molecule has 3 N–H and O–H groups in total. The number of urea groups is 1. The first-order valence-corrected chi connectivity index (χ1v) is 7.41. The Hall–Kier alpha value is -1.07. The van der Waals surface area contributed by atoms with Crippen LogP contribution in [0.15, 0.2) is 28.7 Å². The summed E-state index contributed by atoms with van der Waals surface area (Å²) in [5, 5.41) is 3.62. The van der Waals surface area contributed by atoms with E-state index >= 15 is 0 Å². The lowest BCUT2D eigenvalue weighted by Crippen LogP contribution is -2.47. The fourth-order valence-corrected chi connectivity index (χ4v) is 2.73. The van der Waals surface area contributed by atoms with Crippen molar-refractivity contribution >= 4 is 22.0 Å². The van der Waals surface area contributed by atoms with Gasteiger partial charge in [0.05, 0.1) is 0 Å². The normalized spacial score (nSPS) is 18.3. The molecule has 5 heteroatoms. The van der Waals surface area contributed by atoms with Crippen molar-refractivity contribution in [3.05, 3.63) is 34.3 Å². The second-order valence-corrected chi connectivity index (χ2v) is 5.96. The predicted molar refractivity (Wildman–Crippen MR) is 79.9 cm³/mol. The number of primary amides is 1. The molecular formula is C14H20BrN3O. The number of nitrogens with two attached hydrogens (primary N) is 1. The van der Waals surface area contributed by atoms with E-state index in [1.54, 1.807) is 4.90 Å². The van der Waals surface area contributed by atoms with Crippen LogP contribution in [-0.4, -0.2) is 30.1 Å². The van der Waals surface area contributed by atoms with Crippen molar-refractivity contribution in [2.24, 2.45) is 5.73 Å². The van der Waals surface area contributed by atoms with Gasteiger partial charge < -0.3 is 16.0 Å². The average Bonchev–Trinajstić information content (AvgIpc) is 2.40. The van der Waals surface area contributed by atoms with Gasteiger partial charge in [-0.25, -0.2) is 4.79 Å². The zero-order valence-corrected chi connectivity index (χ0v) is 12.7. The fraction of sp³-hybridized carbons (Fsp3) is 0.500. The molecule has 1 aliphatic heterocycles. The van der Waals surface area contributed by atoms with Crippen LogP contribution in [0, 0.1) is 0 Å². The fourth-order valence-electron chi connectivity index (χ4n) is 2.47. The summed E-state index contributed by atoms with van der Waals surface area (Å²) >= 11 is 3.44. The Balaban J connectivity index is 1.85. The number of hydrogen-bond donors (Lipinski definition) is 2. The maximum atomic E-state index is 11.1. The molecule has 19 heavy (non-hydrogen) atoms. The molecule has 2 amide bonds. The Morgan fingerprint density at radius 3 is 2.47 bits per heavy atom. The molecule has 0 aliphatic carbocycles. The zero-order chi connectivity index (χ0) is 13.8. The molecule has 0 aromatic heterocycles. The van der Waals surface area contributed by atoms with Crippen molar-refractivity contribution in [2.75, 3.05) is 13.1 Å². The smallest absolute Gasteiger partial charge is 0.314 e. The summed E-state index contributed by atoms with van der Waals surface area (Å²) in [6.45, 7) is 3.67. The van der Waals surface area contributed by atoms with Gasteiger partial charge in [-0.2, -0.15) is 0 Å². The molecule has 1 aromatic carbocycles. The molecule has 0 saturated carbocycles. The SMILES string of the molecule is C[C@@H](NC1CCN(C(N)=O)CC1)c1ccc(Br)cc1. The zero-order valence-electron chi connectivity index (χ0n) is 11.1. The van der Waals surface area contributed by atoms with E-state index in [1.807, 2.05) is 0 Å².